The molecule has 1 saturated heterocycles. The fourth-order valence-corrected chi connectivity index (χ4v) is 2.97. The van der Waals surface area contributed by atoms with Crippen LogP contribution in [0.25, 0.3) is 10.9 Å². The minimum absolute atomic E-state index is 0.117. The number of nitrogens with two attached hydrogens (primary N) is 1. The number of fused-ring (bicyclic) bond motifs is 1. The third kappa shape index (κ3) is 2.85. The average molecular weight is 334 g/mol. The number of anilines is 1. The normalized spacial score (nSPS) is 21.0. The second-order valence-corrected chi connectivity index (χ2v) is 5.75. The topological polar surface area (TPSA) is 83.0 Å². The summed E-state index contributed by atoms with van der Waals surface area (Å²) in [5, 5.41) is 9.60. The summed E-state index contributed by atoms with van der Waals surface area (Å²) >= 11 is 0. The first-order valence-corrected chi connectivity index (χ1v) is 7.21. The quantitative estimate of drug-likeness (QED) is 0.913. The number of primary amides is 1. The van der Waals surface area contributed by atoms with Crippen molar-refractivity contribution in [3.8, 4) is 6.07 Å². The standard InChI is InChI=1S/C16H13F3N4O/c17-16(18,19)12-8-23(7-11(12)15(21)24)14-4-2-10-5-9(6-20)1-3-13(10)22-14/h1-5,11-12H,7-8H2,(H2,21,24)/t11-,12-/m1/s1. The van der Waals surface area contributed by atoms with Crippen LogP contribution in [0, 0.1) is 23.2 Å². The molecule has 2 heterocycles. The molecule has 0 bridgehead atoms. The maximum Gasteiger partial charge on any atom is 0.394 e. The Bertz CT molecular complexity index is 843. The average Bonchev–Trinajstić information content (AvgIpc) is 2.99. The molecule has 8 heteroatoms. The highest BCUT2D eigenvalue weighted by atomic mass is 19.4. The smallest absolute Gasteiger partial charge is 0.369 e. The van der Waals surface area contributed by atoms with Crippen LogP contribution < -0.4 is 10.6 Å². The molecule has 1 aromatic heterocycles. The fourth-order valence-electron chi connectivity index (χ4n) is 2.97. The number of amides is 1. The first-order chi connectivity index (χ1) is 11.3. The predicted molar refractivity (Wildman–Crippen MR) is 80.9 cm³/mol. The van der Waals surface area contributed by atoms with E-state index in [0.29, 0.717) is 16.9 Å². The third-order valence-electron chi connectivity index (χ3n) is 4.23. The molecule has 0 saturated carbocycles. The van der Waals surface area contributed by atoms with Gasteiger partial charge in [0.05, 0.1) is 29.0 Å². The maximum atomic E-state index is 13.1. The molecule has 1 aliphatic rings. The van der Waals surface area contributed by atoms with Crippen molar-refractivity contribution in [3.63, 3.8) is 0 Å². The number of aromatic nitrogens is 1. The Morgan fingerprint density at radius 1 is 1.29 bits per heavy atom. The Balaban J connectivity index is 1.93. The van der Waals surface area contributed by atoms with Crippen LogP contribution >= 0.6 is 0 Å². The van der Waals surface area contributed by atoms with E-state index in [1.54, 1.807) is 30.3 Å². The number of rotatable bonds is 2. The van der Waals surface area contributed by atoms with E-state index in [0.717, 1.165) is 5.39 Å². The van der Waals surface area contributed by atoms with Gasteiger partial charge in [-0.25, -0.2) is 4.98 Å². The van der Waals surface area contributed by atoms with Crippen LogP contribution in [0.3, 0.4) is 0 Å². The van der Waals surface area contributed by atoms with Crippen LogP contribution in [0.15, 0.2) is 30.3 Å². The molecule has 1 aromatic carbocycles. The molecule has 0 radical (unpaired) electrons. The zero-order chi connectivity index (χ0) is 17.5. The molecule has 2 aromatic rings. The van der Waals surface area contributed by atoms with E-state index in [1.165, 1.54) is 4.90 Å². The monoisotopic (exact) mass is 334 g/mol. The van der Waals surface area contributed by atoms with Crippen molar-refractivity contribution in [1.29, 1.82) is 5.26 Å². The van der Waals surface area contributed by atoms with Crippen molar-refractivity contribution >= 4 is 22.6 Å². The van der Waals surface area contributed by atoms with Crippen molar-refractivity contribution in [3.05, 3.63) is 35.9 Å². The molecule has 1 amide bonds. The molecular weight excluding hydrogens is 321 g/mol. The van der Waals surface area contributed by atoms with Crippen molar-refractivity contribution in [2.75, 3.05) is 18.0 Å². The Hall–Kier alpha value is -2.82. The molecule has 5 nitrogen and oxygen atoms in total. The van der Waals surface area contributed by atoms with E-state index in [4.69, 9.17) is 11.0 Å². The SMILES string of the molecule is N#Cc1ccc2nc(N3C[C@@H](C(F)(F)F)[C@H](C(N)=O)C3)ccc2c1. The number of carbonyl (C=O) groups is 1. The van der Waals surface area contributed by atoms with Gasteiger partial charge in [-0.1, -0.05) is 0 Å². The summed E-state index contributed by atoms with van der Waals surface area (Å²) in [5.74, 6) is -3.69. The molecule has 0 unspecified atom stereocenters. The third-order valence-corrected chi connectivity index (χ3v) is 4.23. The van der Waals surface area contributed by atoms with E-state index in [-0.39, 0.29) is 13.1 Å². The second-order valence-electron chi connectivity index (χ2n) is 5.75. The van der Waals surface area contributed by atoms with Crippen LogP contribution in [0.5, 0.6) is 0 Å². The molecule has 24 heavy (non-hydrogen) atoms. The number of pyridine rings is 1. The first-order valence-electron chi connectivity index (χ1n) is 7.21. The molecule has 124 valence electrons. The van der Waals surface area contributed by atoms with E-state index in [2.05, 4.69) is 4.98 Å². The van der Waals surface area contributed by atoms with Gasteiger partial charge in [-0.2, -0.15) is 18.4 Å². The Morgan fingerprint density at radius 3 is 2.62 bits per heavy atom. The lowest BCUT2D eigenvalue weighted by Crippen LogP contribution is -2.37. The van der Waals surface area contributed by atoms with Gasteiger partial charge in [0.1, 0.15) is 5.82 Å². The van der Waals surface area contributed by atoms with Crippen molar-refractivity contribution in [2.45, 2.75) is 6.18 Å². The lowest BCUT2D eigenvalue weighted by Gasteiger charge is -2.19. The van der Waals surface area contributed by atoms with Crippen LogP contribution in [0.2, 0.25) is 0 Å². The predicted octanol–water partition coefficient (Wildman–Crippen LogP) is 2.21. The van der Waals surface area contributed by atoms with Gasteiger partial charge in [0.15, 0.2) is 0 Å². The first kappa shape index (κ1) is 16.1. The molecule has 2 N–H and O–H groups in total. The highest BCUT2D eigenvalue weighted by molar-refractivity contribution is 5.82. The van der Waals surface area contributed by atoms with E-state index in [9.17, 15) is 18.0 Å². The van der Waals surface area contributed by atoms with E-state index < -0.39 is 23.9 Å². The number of hydrogen-bond donors (Lipinski definition) is 1. The van der Waals surface area contributed by atoms with Crippen LogP contribution in [-0.2, 0) is 4.79 Å². The summed E-state index contributed by atoms with van der Waals surface area (Å²) in [7, 11) is 0. The fraction of sp³-hybridized carbons (Fsp3) is 0.312. The number of nitrogens with zero attached hydrogens (tertiary/aromatic N) is 3. The van der Waals surface area contributed by atoms with Gasteiger partial charge in [0, 0.05) is 18.5 Å². The molecule has 0 aliphatic carbocycles. The highest BCUT2D eigenvalue weighted by Gasteiger charge is 2.52. The van der Waals surface area contributed by atoms with Crippen LogP contribution in [0.1, 0.15) is 5.56 Å². The lowest BCUT2D eigenvalue weighted by molar-refractivity contribution is -0.181. The molecule has 2 atom stereocenters. The summed E-state index contributed by atoms with van der Waals surface area (Å²) in [6, 6.07) is 10.2. The molecular formula is C16H13F3N4O. The molecule has 3 rings (SSSR count). The molecule has 1 fully saturated rings. The number of alkyl halides is 3. The summed E-state index contributed by atoms with van der Waals surface area (Å²) < 4.78 is 39.3. The van der Waals surface area contributed by atoms with Crippen LogP contribution in [-0.4, -0.2) is 30.2 Å². The van der Waals surface area contributed by atoms with E-state index in [1.807, 2.05) is 6.07 Å². The second kappa shape index (κ2) is 5.67. The summed E-state index contributed by atoms with van der Waals surface area (Å²) in [6.45, 7) is -0.472. The number of halogens is 3. The lowest BCUT2D eigenvalue weighted by atomic mass is 9.95. The van der Waals surface area contributed by atoms with Crippen molar-refractivity contribution in [2.24, 2.45) is 17.6 Å². The van der Waals surface area contributed by atoms with Gasteiger partial charge >= 0.3 is 6.18 Å². The number of hydrogen-bond acceptors (Lipinski definition) is 4. The summed E-state index contributed by atoms with van der Waals surface area (Å²) in [6.07, 6.45) is -4.49. The Kier molecular flexibility index (Phi) is 3.79. The van der Waals surface area contributed by atoms with Gasteiger partial charge in [-0.15, -0.1) is 0 Å². The Morgan fingerprint density at radius 2 is 2.04 bits per heavy atom. The van der Waals surface area contributed by atoms with Crippen molar-refractivity contribution in [1.82, 2.24) is 4.98 Å². The minimum atomic E-state index is -4.49. The van der Waals surface area contributed by atoms with E-state index >= 15 is 0 Å². The molecule has 1 aliphatic heterocycles. The number of benzene rings is 1. The maximum absolute atomic E-state index is 13.1. The van der Waals surface area contributed by atoms with Crippen molar-refractivity contribution < 1.29 is 18.0 Å². The zero-order valence-corrected chi connectivity index (χ0v) is 12.4. The van der Waals surface area contributed by atoms with Crippen LogP contribution in [0.4, 0.5) is 19.0 Å². The minimum Gasteiger partial charge on any atom is -0.369 e. The van der Waals surface area contributed by atoms with Gasteiger partial charge in [-0.3, -0.25) is 4.79 Å². The Labute approximate surface area is 135 Å². The summed E-state index contributed by atoms with van der Waals surface area (Å²) in [4.78, 5) is 17.1. The van der Waals surface area contributed by atoms with Gasteiger partial charge in [0.2, 0.25) is 5.91 Å². The number of nitriles is 1. The highest BCUT2D eigenvalue weighted by Crippen LogP contribution is 2.39. The zero-order valence-electron chi connectivity index (χ0n) is 12.4. The van der Waals surface area contributed by atoms with Gasteiger partial charge in [0.25, 0.3) is 0 Å². The summed E-state index contributed by atoms with van der Waals surface area (Å²) in [5.41, 5.74) is 6.17. The molecule has 0 spiro atoms. The van der Waals surface area contributed by atoms with Gasteiger partial charge in [-0.05, 0) is 30.3 Å². The number of carbonyl (C=O) groups excluding carboxylic acids is 1. The van der Waals surface area contributed by atoms with Gasteiger partial charge < -0.3 is 10.6 Å². The largest absolute Gasteiger partial charge is 0.394 e.